The van der Waals surface area contributed by atoms with Gasteiger partial charge in [-0.3, -0.25) is 24.1 Å². The molecule has 3 fully saturated rings. The molecule has 2 aliphatic carbocycles. The lowest BCUT2D eigenvalue weighted by Crippen LogP contribution is -2.60. The number of anilines is 2. The second kappa shape index (κ2) is 9.74. The highest BCUT2D eigenvalue weighted by Gasteiger charge is 2.76. The van der Waals surface area contributed by atoms with Gasteiger partial charge in [-0.25, -0.2) is 9.29 Å². The second-order valence-electron chi connectivity index (χ2n) is 12.1. The molecule has 224 valence electrons. The van der Waals surface area contributed by atoms with Crippen molar-refractivity contribution in [3.63, 3.8) is 0 Å². The molecule has 7 nitrogen and oxygen atoms in total. The number of nitrogens with zero attached hydrogens (tertiary/aromatic N) is 2. The molecule has 6 atom stereocenters. The van der Waals surface area contributed by atoms with Crippen molar-refractivity contribution in [3.8, 4) is 5.75 Å². The topological polar surface area (TPSA) is 95.0 Å². The summed E-state index contributed by atoms with van der Waals surface area (Å²) in [6.07, 6.45) is 1.94. The molecule has 0 spiro atoms. The van der Waals surface area contributed by atoms with Gasteiger partial charge in [0.05, 0.1) is 23.2 Å². The number of allylic oxidation sites excluding steroid dienone is 2. The van der Waals surface area contributed by atoms with Crippen molar-refractivity contribution in [2.45, 2.75) is 42.4 Å². The number of benzene rings is 3. The van der Waals surface area contributed by atoms with Crippen LogP contribution in [0.2, 0.25) is 0 Å². The maximum absolute atomic E-state index is 14.4. The number of aromatic hydroxyl groups is 1. The molecule has 4 aliphatic rings. The van der Waals surface area contributed by atoms with E-state index in [-0.39, 0.29) is 30.2 Å². The van der Waals surface area contributed by atoms with E-state index >= 15 is 0 Å². The summed E-state index contributed by atoms with van der Waals surface area (Å²) in [5.74, 6) is -5.90. The molecule has 0 radical (unpaired) electrons. The van der Waals surface area contributed by atoms with Gasteiger partial charge in [-0.2, -0.15) is 0 Å². The molecule has 0 unspecified atom stereocenters. The first-order valence-electron chi connectivity index (χ1n) is 14.4. The van der Waals surface area contributed by atoms with Gasteiger partial charge in [-0.15, -0.1) is 23.2 Å². The van der Waals surface area contributed by atoms with Crippen LogP contribution in [0, 0.1) is 37.4 Å². The van der Waals surface area contributed by atoms with E-state index in [0.717, 1.165) is 17.0 Å². The largest absolute Gasteiger partial charge is 0.507 e. The zero-order valence-corrected chi connectivity index (χ0v) is 25.3. The molecule has 4 amide bonds. The smallest absolute Gasteiger partial charge is 0.258 e. The zero-order valence-electron chi connectivity index (χ0n) is 23.8. The van der Waals surface area contributed by atoms with Crippen LogP contribution in [-0.2, 0) is 19.2 Å². The summed E-state index contributed by atoms with van der Waals surface area (Å²) in [7, 11) is 0. The highest BCUT2D eigenvalue weighted by molar-refractivity contribution is 6.58. The predicted octanol–water partition coefficient (Wildman–Crippen LogP) is 5.92. The molecule has 0 aromatic heterocycles. The van der Waals surface area contributed by atoms with E-state index in [1.54, 1.807) is 56.3 Å². The van der Waals surface area contributed by atoms with Crippen LogP contribution in [0.3, 0.4) is 0 Å². The number of carbonyl (C=O) groups excluding carboxylic acids is 4. The van der Waals surface area contributed by atoms with Gasteiger partial charge in [-0.1, -0.05) is 42.0 Å². The first-order chi connectivity index (χ1) is 20.9. The maximum Gasteiger partial charge on any atom is 0.258 e. The number of rotatable bonds is 3. The van der Waals surface area contributed by atoms with Crippen molar-refractivity contribution in [1.29, 1.82) is 0 Å². The van der Waals surface area contributed by atoms with E-state index < -0.39 is 57.0 Å². The standard InChI is InChI=1S/C34H27Cl2FN2O5/c1-17-14-19(15-18(2)28(17)40)27-23-12-13-24-26(30(42)38(29(24)41)21-6-4-3-5-7-21)25(23)16-33(35)31(43)39(32(44)34(27,33)36)22-10-8-20(37)9-11-22/h3-12,14-15,24-27,40H,13,16H2,1-2H3/t24-,25+,26-,27-,33+,34-/m0/s1. The van der Waals surface area contributed by atoms with Crippen molar-refractivity contribution < 1.29 is 28.7 Å². The Balaban J connectivity index is 1.42. The molecule has 2 saturated heterocycles. The van der Waals surface area contributed by atoms with E-state index in [1.165, 1.54) is 17.0 Å². The van der Waals surface area contributed by atoms with Gasteiger partial charge in [0.2, 0.25) is 11.8 Å². The number of alkyl halides is 2. The molecular formula is C34H27Cl2FN2O5. The van der Waals surface area contributed by atoms with E-state index in [1.807, 2.05) is 6.08 Å². The molecule has 1 N–H and O–H groups in total. The molecule has 7 rings (SSSR count). The summed E-state index contributed by atoms with van der Waals surface area (Å²) in [5, 5.41) is 10.6. The quantitative estimate of drug-likeness (QED) is 0.220. The van der Waals surface area contributed by atoms with Gasteiger partial charge in [0.15, 0.2) is 9.75 Å². The van der Waals surface area contributed by atoms with Crippen molar-refractivity contribution in [3.05, 3.63) is 101 Å². The van der Waals surface area contributed by atoms with Gasteiger partial charge in [0.1, 0.15) is 11.6 Å². The number of imide groups is 2. The Labute approximate surface area is 262 Å². The fourth-order valence-corrected chi connectivity index (χ4v) is 8.70. The third-order valence-corrected chi connectivity index (χ3v) is 11.2. The number of phenolic OH excluding ortho intramolecular Hbond substituents is 1. The predicted molar refractivity (Wildman–Crippen MR) is 163 cm³/mol. The van der Waals surface area contributed by atoms with Crippen LogP contribution in [0.5, 0.6) is 5.75 Å². The Morgan fingerprint density at radius 2 is 1.43 bits per heavy atom. The summed E-state index contributed by atoms with van der Waals surface area (Å²) in [5.41, 5.74) is 2.84. The minimum absolute atomic E-state index is 0.0800. The highest BCUT2D eigenvalue weighted by Crippen LogP contribution is 2.66. The maximum atomic E-state index is 14.4. The molecule has 2 heterocycles. The van der Waals surface area contributed by atoms with Gasteiger partial charge in [0, 0.05) is 5.92 Å². The molecule has 2 aliphatic heterocycles. The number of hydrogen-bond acceptors (Lipinski definition) is 5. The lowest BCUT2D eigenvalue weighted by Gasteiger charge is -2.50. The summed E-state index contributed by atoms with van der Waals surface area (Å²) in [6.45, 7) is 3.44. The lowest BCUT2D eigenvalue weighted by atomic mass is 9.56. The van der Waals surface area contributed by atoms with Gasteiger partial charge in [-0.05, 0) is 85.7 Å². The number of carbonyl (C=O) groups is 4. The van der Waals surface area contributed by atoms with Crippen molar-refractivity contribution in [1.82, 2.24) is 0 Å². The number of halogens is 3. The second-order valence-corrected chi connectivity index (χ2v) is 13.3. The average Bonchev–Trinajstić information content (AvgIpc) is 3.34. The Hall–Kier alpha value is -4.01. The van der Waals surface area contributed by atoms with E-state index in [2.05, 4.69) is 0 Å². The molecule has 10 heteroatoms. The first-order valence-corrected chi connectivity index (χ1v) is 15.1. The molecule has 1 saturated carbocycles. The number of para-hydroxylation sites is 1. The van der Waals surface area contributed by atoms with Crippen LogP contribution >= 0.6 is 23.2 Å². The Kier molecular flexibility index (Phi) is 6.37. The minimum Gasteiger partial charge on any atom is -0.507 e. The number of hydrogen-bond donors (Lipinski definition) is 1. The zero-order chi connectivity index (χ0) is 31.3. The van der Waals surface area contributed by atoms with Gasteiger partial charge < -0.3 is 5.11 Å². The lowest BCUT2D eigenvalue weighted by molar-refractivity contribution is -0.125. The number of fused-ring (bicyclic) bond motifs is 4. The van der Waals surface area contributed by atoms with Crippen LogP contribution in [0.15, 0.2) is 78.4 Å². The Morgan fingerprint density at radius 3 is 2.07 bits per heavy atom. The van der Waals surface area contributed by atoms with Crippen molar-refractivity contribution in [2.75, 3.05) is 9.80 Å². The molecular weight excluding hydrogens is 606 g/mol. The Morgan fingerprint density at radius 1 is 0.818 bits per heavy atom. The molecule has 0 bridgehead atoms. The summed E-state index contributed by atoms with van der Waals surface area (Å²) < 4.78 is 13.8. The fourth-order valence-electron chi connectivity index (χ4n) is 7.76. The van der Waals surface area contributed by atoms with Crippen LogP contribution in [0.25, 0.3) is 0 Å². The van der Waals surface area contributed by atoms with Crippen LogP contribution < -0.4 is 9.80 Å². The third-order valence-electron chi connectivity index (χ3n) is 9.76. The van der Waals surface area contributed by atoms with Crippen LogP contribution in [0.4, 0.5) is 15.8 Å². The Bertz CT molecular complexity index is 1790. The highest BCUT2D eigenvalue weighted by atomic mass is 35.5. The van der Waals surface area contributed by atoms with Crippen LogP contribution in [-0.4, -0.2) is 38.5 Å². The number of phenols is 1. The van der Waals surface area contributed by atoms with Gasteiger partial charge >= 0.3 is 0 Å². The minimum atomic E-state index is -2.03. The average molecular weight is 634 g/mol. The van der Waals surface area contributed by atoms with Crippen LogP contribution in [0.1, 0.15) is 35.4 Å². The SMILES string of the molecule is Cc1cc([C@H]2C3=CC[C@@H]4C(=O)N(c5ccccc5)C(=O)[C@@H]4[C@@H]3C[C@@]3(Cl)C(=O)N(c4ccc(F)cc4)C(=O)[C@@]23Cl)cc(C)c1O. The van der Waals surface area contributed by atoms with E-state index in [4.69, 9.17) is 23.2 Å². The fraction of sp³-hybridized carbons (Fsp3) is 0.294. The summed E-state index contributed by atoms with van der Waals surface area (Å²) in [4.78, 5) is 54.6. The monoisotopic (exact) mass is 632 g/mol. The summed E-state index contributed by atoms with van der Waals surface area (Å²) >= 11 is 14.8. The van der Waals surface area contributed by atoms with Crippen molar-refractivity contribution in [2.24, 2.45) is 17.8 Å². The van der Waals surface area contributed by atoms with Crippen molar-refractivity contribution >= 4 is 58.2 Å². The summed E-state index contributed by atoms with van der Waals surface area (Å²) in [6, 6.07) is 17.0. The first kappa shape index (κ1) is 28.7. The van der Waals surface area contributed by atoms with Gasteiger partial charge in [0.25, 0.3) is 11.8 Å². The molecule has 3 aromatic carbocycles. The molecule has 3 aromatic rings. The number of amides is 4. The normalized spacial score (nSPS) is 31.2. The molecule has 44 heavy (non-hydrogen) atoms. The van der Waals surface area contributed by atoms with E-state index in [9.17, 15) is 28.7 Å². The third kappa shape index (κ3) is 3.67. The van der Waals surface area contributed by atoms with E-state index in [0.29, 0.717) is 28.0 Å². The number of aryl methyl sites for hydroxylation is 2.